The van der Waals surface area contributed by atoms with Crippen LogP contribution in [0.25, 0.3) is 0 Å². The van der Waals surface area contributed by atoms with Crippen LogP contribution in [-0.4, -0.2) is 35.2 Å². The third-order valence-corrected chi connectivity index (χ3v) is 3.51. The van der Waals surface area contributed by atoms with Crippen LogP contribution in [0, 0.1) is 10.1 Å². The lowest BCUT2D eigenvalue weighted by Gasteiger charge is -2.21. The van der Waals surface area contributed by atoms with Crippen molar-refractivity contribution in [1.29, 1.82) is 0 Å². The van der Waals surface area contributed by atoms with Gasteiger partial charge in [-0.3, -0.25) is 15.0 Å². The van der Waals surface area contributed by atoms with Crippen molar-refractivity contribution in [3.05, 3.63) is 69.8 Å². The predicted molar refractivity (Wildman–Crippen MR) is 87.3 cm³/mol. The van der Waals surface area contributed by atoms with Crippen molar-refractivity contribution in [2.45, 2.75) is 13.1 Å². The number of nitro groups is 1. The highest BCUT2D eigenvalue weighted by atomic mass is 16.6. The second-order valence-electron chi connectivity index (χ2n) is 5.18. The average Bonchev–Trinajstić information content (AvgIpc) is 2.55. The van der Waals surface area contributed by atoms with E-state index in [9.17, 15) is 15.2 Å². The molecule has 0 unspecified atom stereocenters. The normalized spacial score (nSPS) is 10.7. The summed E-state index contributed by atoms with van der Waals surface area (Å²) in [6.45, 7) is 1.84. The number of methoxy groups -OCH3 is 1. The summed E-state index contributed by atoms with van der Waals surface area (Å²) in [7, 11) is 1.42. The van der Waals surface area contributed by atoms with E-state index in [1.165, 1.54) is 13.2 Å². The molecule has 0 atom stereocenters. The maximum Gasteiger partial charge on any atom is 0.310 e. The minimum Gasteiger partial charge on any atom is -0.490 e. The Bertz CT molecular complexity index is 646. The zero-order valence-corrected chi connectivity index (χ0v) is 13.0. The maximum absolute atomic E-state index is 10.9. The third kappa shape index (κ3) is 4.77. The van der Waals surface area contributed by atoms with E-state index in [0.717, 1.165) is 11.1 Å². The van der Waals surface area contributed by atoms with Gasteiger partial charge in [-0.05, 0) is 17.2 Å². The fourth-order valence-electron chi connectivity index (χ4n) is 2.43. The van der Waals surface area contributed by atoms with Gasteiger partial charge in [0.1, 0.15) is 0 Å². The molecule has 0 aromatic heterocycles. The Morgan fingerprint density at radius 1 is 1.13 bits per heavy atom. The van der Waals surface area contributed by atoms with Gasteiger partial charge < -0.3 is 9.84 Å². The molecule has 0 bridgehead atoms. The van der Waals surface area contributed by atoms with Crippen LogP contribution >= 0.6 is 0 Å². The largest absolute Gasteiger partial charge is 0.490 e. The summed E-state index contributed by atoms with van der Waals surface area (Å²) in [6.07, 6.45) is 0. The van der Waals surface area contributed by atoms with Crippen molar-refractivity contribution in [3.8, 4) is 5.75 Å². The van der Waals surface area contributed by atoms with Crippen LogP contribution in [0.1, 0.15) is 11.1 Å². The summed E-state index contributed by atoms with van der Waals surface area (Å²) in [5.74, 6) is 0.246. The fourth-order valence-corrected chi connectivity index (χ4v) is 2.43. The topological polar surface area (TPSA) is 75.8 Å². The molecule has 2 rings (SSSR count). The number of hydrogen-bond acceptors (Lipinski definition) is 5. The molecule has 2 aromatic carbocycles. The van der Waals surface area contributed by atoms with Crippen molar-refractivity contribution >= 4 is 5.69 Å². The Kier molecular flexibility index (Phi) is 6.08. The van der Waals surface area contributed by atoms with Gasteiger partial charge >= 0.3 is 5.69 Å². The molecule has 0 aliphatic heterocycles. The molecular weight excluding hydrogens is 296 g/mol. The zero-order chi connectivity index (χ0) is 16.7. The van der Waals surface area contributed by atoms with Gasteiger partial charge in [-0.2, -0.15) is 0 Å². The van der Waals surface area contributed by atoms with E-state index < -0.39 is 4.92 Å². The molecule has 0 saturated carbocycles. The van der Waals surface area contributed by atoms with Crippen molar-refractivity contribution in [2.24, 2.45) is 0 Å². The number of rotatable bonds is 8. The molecule has 0 aliphatic carbocycles. The second kappa shape index (κ2) is 8.26. The van der Waals surface area contributed by atoms with E-state index in [2.05, 4.69) is 4.90 Å². The number of hydrogen-bond donors (Lipinski definition) is 1. The highest BCUT2D eigenvalue weighted by molar-refractivity contribution is 5.48. The first kappa shape index (κ1) is 16.9. The number of aliphatic hydroxyl groups excluding tert-OH is 1. The molecule has 0 radical (unpaired) electrons. The molecule has 0 heterocycles. The number of nitro benzene ring substituents is 1. The lowest BCUT2D eigenvalue weighted by atomic mass is 10.1. The van der Waals surface area contributed by atoms with E-state index in [0.29, 0.717) is 19.6 Å². The van der Waals surface area contributed by atoms with Crippen molar-refractivity contribution in [1.82, 2.24) is 4.90 Å². The van der Waals surface area contributed by atoms with E-state index in [-0.39, 0.29) is 18.0 Å². The summed E-state index contributed by atoms with van der Waals surface area (Å²) in [5, 5.41) is 20.2. The third-order valence-electron chi connectivity index (χ3n) is 3.51. The van der Waals surface area contributed by atoms with Crippen LogP contribution < -0.4 is 4.74 Å². The van der Waals surface area contributed by atoms with Crippen molar-refractivity contribution in [3.63, 3.8) is 0 Å². The monoisotopic (exact) mass is 316 g/mol. The van der Waals surface area contributed by atoms with Crippen LogP contribution in [0.5, 0.6) is 5.75 Å². The highest BCUT2D eigenvalue weighted by Gasteiger charge is 2.16. The highest BCUT2D eigenvalue weighted by Crippen LogP contribution is 2.28. The summed E-state index contributed by atoms with van der Waals surface area (Å²) < 4.78 is 5.10. The minimum atomic E-state index is -0.460. The van der Waals surface area contributed by atoms with E-state index in [1.54, 1.807) is 12.1 Å². The van der Waals surface area contributed by atoms with Gasteiger partial charge in [0.15, 0.2) is 5.75 Å². The summed E-state index contributed by atoms with van der Waals surface area (Å²) in [6, 6.07) is 14.8. The molecule has 0 fully saturated rings. The Morgan fingerprint density at radius 2 is 1.83 bits per heavy atom. The molecule has 122 valence electrons. The standard InChI is InChI=1S/C17H20N2O4/c1-23-17-11-15(7-8-16(17)19(21)22)13-18(9-10-20)12-14-5-3-2-4-6-14/h2-8,11,20H,9-10,12-13H2,1H3. The summed E-state index contributed by atoms with van der Waals surface area (Å²) >= 11 is 0. The van der Waals surface area contributed by atoms with Gasteiger partial charge in [0.25, 0.3) is 0 Å². The van der Waals surface area contributed by atoms with E-state index >= 15 is 0 Å². The van der Waals surface area contributed by atoms with E-state index in [4.69, 9.17) is 4.74 Å². The number of aliphatic hydroxyl groups is 1. The van der Waals surface area contributed by atoms with Crippen LogP contribution in [0.3, 0.4) is 0 Å². The number of nitrogens with zero attached hydrogens (tertiary/aromatic N) is 2. The average molecular weight is 316 g/mol. The maximum atomic E-state index is 10.9. The van der Waals surface area contributed by atoms with Gasteiger partial charge in [-0.15, -0.1) is 0 Å². The van der Waals surface area contributed by atoms with Crippen LogP contribution in [-0.2, 0) is 13.1 Å². The van der Waals surface area contributed by atoms with Gasteiger partial charge in [0.05, 0.1) is 18.6 Å². The molecule has 0 saturated heterocycles. The smallest absolute Gasteiger partial charge is 0.310 e. The van der Waals surface area contributed by atoms with Gasteiger partial charge in [-0.1, -0.05) is 36.4 Å². The zero-order valence-electron chi connectivity index (χ0n) is 13.0. The van der Waals surface area contributed by atoms with Crippen LogP contribution in [0.4, 0.5) is 5.69 Å². The molecule has 0 amide bonds. The Morgan fingerprint density at radius 3 is 2.43 bits per heavy atom. The molecule has 6 heteroatoms. The van der Waals surface area contributed by atoms with Gasteiger partial charge in [0.2, 0.25) is 0 Å². The summed E-state index contributed by atoms with van der Waals surface area (Å²) in [5.41, 5.74) is 2.00. The van der Waals surface area contributed by atoms with Crippen molar-refractivity contribution in [2.75, 3.05) is 20.3 Å². The summed E-state index contributed by atoms with van der Waals surface area (Å²) in [4.78, 5) is 12.6. The molecule has 0 aliphatic rings. The molecule has 1 N–H and O–H groups in total. The first-order valence-corrected chi connectivity index (χ1v) is 7.32. The molecule has 0 spiro atoms. The number of benzene rings is 2. The quantitative estimate of drug-likeness (QED) is 0.598. The second-order valence-corrected chi connectivity index (χ2v) is 5.18. The molecule has 2 aromatic rings. The fraction of sp³-hybridized carbons (Fsp3) is 0.294. The Labute approximate surface area is 135 Å². The van der Waals surface area contributed by atoms with Gasteiger partial charge in [-0.25, -0.2) is 0 Å². The first-order valence-electron chi connectivity index (χ1n) is 7.32. The molecular formula is C17H20N2O4. The number of ether oxygens (including phenoxy) is 1. The lowest BCUT2D eigenvalue weighted by molar-refractivity contribution is -0.385. The first-order chi connectivity index (χ1) is 11.1. The van der Waals surface area contributed by atoms with Crippen LogP contribution in [0.15, 0.2) is 48.5 Å². The SMILES string of the molecule is COc1cc(CN(CCO)Cc2ccccc2)ccc1[N+](=O)[O-]. The lowest BCUT2D eigenvalue weighted by Crippen LogP contribution is -2.26. The Balaban J connectivity index is 2.14. The van der Waals surface area contributed by atoms with E-state index in [1.807, 2.05) is 30.3 Å². The van der Waals surface area contributed by atoms with Crippen molar-refractivity contribution < 1.29 is 14.8 Å². The Hall–Kier alpha value is -2.44. The predicted octanol–water partition coefficient (Wildman–Crippen LogP) is 2.60. The molecule has 6 nitrogen and oxygen atoms in total. The molecule has 23 heavy (non-hydrogen) atoms. The minimum absolute atomic E-state index is 0.0481. The van der Waals surface area contributed by atoms with Crippen LogP contribution in [0.2, 0.25) is 0 Å². The van der Waals surface area contributed by atoms with Gasteiger partial charge in [0, 0.05) is 25.7 Å².